The van der Waals surface area contributed by atoms with Crippen LogP contribution in [0, 0.1) is 23.6 Å². The number of piperidine rings is 1. The summed E-state index contributed by atoms with van der Waals surface area (Å²) in [4.78, 5) is 2.67. The van der Waals surface area contributed by atoms with Gasteiger partial charge in [-0.15, -0.1) is 0 Å². The molecule has 0 radical (unpaired) electrons. The first kappa shape index (κ1) is 16.4. The molecule has 2 aromatic rings. The second-order valence-corrected chi connectivity index (χ2v) is 7.45. The van der Waals surface area contributed by atoms with E-state index in [4.69, 9.17) is 0 Å². The van der Waals surface area contributed by atoms with E-state index in [1.54, 1.807) is 6.07 Å². The average molecular weight is 333 g/mol. The van der Waals surface area contributed by atoms with Gasteiger partial charge in [0, 0.05) is 17.2 Å². The topological polar surface area (TPSA) is 3.24 Å². The van der Waals surface area contributed by atoms with Crippen LogP contribution in [0.3, 0.4) is 0 Å². The lowest BCUT2D eigenvalue weighted by atomic mass is 9.96. The van der Waals surface area contributed by atoms with Crippen molar-refractivity contribution in [2.75, 3.05) is 13.1 Å². The molecule has 0 N–H and O–H groups in total. The van der Waals surface area contributed by atoms with E-state index in [-0.39, 0.29) is 5.82 Å². The summed E-state index contributed by atoms with van der Waals surface area (Å²) in [5.41, 5.74) is 4.68. The van der Waals surface area contributed by atoms with E-state index >= 15 is 0 Å². The molecule has 2 aromatic carbocycles. The highest BCUT2D eigenvalue weighted by Gasteiger charge is 2.29. The molecule has 1 unspecified atom stereocenters. The third-order valence-corrected chi connectivity index (χ3v) is 5.62. The van der Waals surface area contributed by atoms with E-state index < -0.39 is 0 Å². The third kappa shape index (κ3) is 3.62. The van der Waals surface area contributed by atoms with Crippen LogP contribution in [0.25, 0.3) is 0 Å². The van der Waals surface area contributed by atoms with Gasteiger partial charge in [0.05, 0.1) is 0 Å². The first-order valence-electron chi connectivity index (χ1n) is 9.33. The molecule has 1 fully saturated rings. The number of hydrogen-bond donors (Lipinski definition) is 0. The third-order valence-electron chi connectivity index (χ3n) is 5.62. The lowest BCUT2D eigenvalue weighted by Crippen LogP contribution is -2.35. The number of rotatable bonds is 1. The molecule has 25 heavy (non-hydrogen) atoms. The molecule has 1 atom stereocenters. The molecule has 1 saturated heterocycles. The van der Waals surface area contributed by atoms with Gasteiger partial charge in [0.1, 0.15) is 5.82 Å². The monoisotopic (exact) mass is 333 g/mol. The highest BCUT2D eigenvalue weighted by atomic mass is 19.1. The largest absolute Gasteiger partial charge is 0.296 e. The number of nitrogens with zero attached hydrogens (tertiary/aromatic N) is 1. The number of halogens is 1. The van der Waals surface area contributed by atoms with E-state index in [0.717, 1.165) is 23.5 Å². The summed E-state index contributed by atoms with van der Waals surface area (Å²) in [5.74, 6) is 6.90. The molecule has 128 valence electrons. The molecule has 1 nitrogen and oxygen atoms in total. The fourth-order valence-corrected chi connectivity index (χ4v) is 4.10. The SMILES string of the molecule is CC1CCN(C2CCc3cc(C#Cc4cccc(F)c4)ccc32)CC1. The Kier molecular flexibility index (Phi) is 4.59. The highest BCUT2D eigenvalue weighted by Crippen LogP contribution is 2.38. The van der Waals surface area contributed by atoms with E-state index in [9.17, 15) is 4.39 Å². The van der Waals surface area contributed by atoms with Crippen molar-refractivity contribution in [2.24, 2.45) is 5.92 Å². The van der Waals surface area contributed by atoms with Gasteiger partial charge in [-0.25, -0.2) is 4.39 Å². The minimum atomic E-state index is -0.237. The predicted molar refractivity (Wildman–Crippen MR) is 99.9 cm³/mol. The van der Waals surface area contributed by atoms with Gasteiger partial charge in [-0.1, -0.05) is 30.9 Å². The Hall–Kier alpha value is -2.11. The Bertz CT molecular complexity index is 821. The van der Waals surface area contributed by atoms with Gasteiger partial charge in [-0.2, -0.15) is 0 Å². The molecule has 4 rings (SSSR count). The molecule has 2 aliphatic rings. The number of likely N-dealkylation sites (tertiary alicyclic amines) is 1. The standard InChI is InChI=1S/C23H24FN/c1-17-11-13-25(14-12-17)23-10-8-20-15-19(7-9-22(20)23)6-5-18-3-2-4-21(24)16-18/h2-4,7,9,15-17,23H,8,10-14H2,1H3. The van der Waals surface area contributed by atoms with Crippen molar-refractivity contribution in [3.63, 3.8) is 0 Å². The lowest BCUT2D eigenvalue weighted by Gasteiger charge is -2.35. The van der Waals surface area contributed by atoms with Crippen LogP contribution in [-0.2, 0) is 6.42 Å². The van der Waals surface area contributed by atoms with Crippen LogP contribution in [-0.4, -0.2) is 18.0 Å². The van der Waals surface area contributed by atoms with E-state index in [0.29, 0.717) is 6.04 Å². The van der Waals surface area contributed by atoms with E-state index in [2.05, 4.69) is 41.9 Å². The van der Waals surface area contributed by atoms with Gasteiger partial charge in [0.25, 0.3) is 0 Å². The lowest BCUT2D eigenvalue weighted by molar-refractivity contribution is 0.137. The maximum atomic E-state index is 13.2. The summed E-state index contributed by atoms with van der Waals surface area (Å²) >= 11 is 0. The second-order valence-electron chi connectivity index (χ2n) is 7.45. The zero-order valence-electron chi connectivity index (χ0n) is 14.8. The number of fused-ring (bicyclic) bond motifs is 1. The van der Waals surface area contributed by atoms with Gasteiger partial charge in [0.2, 0.25) is 0 Å². The van der Waals surface area contributed by atoms with Gasteiger partial charge >= 0.3 is 0 Å². The molecule has 2 heteroatoms. The number of aryl methyl sites for hydroxylation is 1. The summed E-state index contributed by atoms with van der Waals surface area (Å²) in [5, 5.41) is 0. The van der Waals surface area contributed by atoms with Crippen molar-refractivity contribution in [1.29, 1.82) is 0 Å². The average Bonchev–Trinajstić information content (AvgIpc) is 3.04. The first-order valence-corrected chi connectivity index (χ1v) is 9.33. The first-order chi connectivity index (χ1) is 12.2. The van der Waals surface area contributed by atoms with Crippen molar-refractivity contribution in [3.8, 4) is 11.8 Å². The van der Waals surface area contributed by atoms with Crippen LogP contribution < -0.4 is 0 Å². The summed E-state index contributed by atoms with van der Waals surface area (Å²) in [6.07, 6.45) is 5.01. The van der Waals surface area contributed by atoms with Crippen LogP contribution in [0.1, 0.15) is 54.5 Å². The van der Waals surface area contributed by atoms with Crippen LogP contribution in [0.2, 0.25) is 0 Å². The maximum absolute atomic E-state index is 13.2. The van der Waals surface area contributed by atoms with Crippen LogP contribution in [0.4, 0.5) is 4.39 Å². The molecule has 1 aliphatic heterocycles. The molecular formula is C23H24FN. The van der Waals surface area contributed by atoms with Crippen molar-refractivity contribution >= 4 is 0 Å². The Morgan fingerprint density at radius 3 is 2.48 bits per heavy atom. The molecule has 0 saturated carbocycles. The molecule has 1 aliphatic carbocycles. The molecule has 0 bridgehead atoms. The number of hydrogen-bond acceptors (Lipinski definition) is 1. The minimum absolute atomic E-state index is 0.237. The van der Waals surface area contributed by atoms with E-state index in [1.807, 2.05) is 6.07 Å². The van der Waals surface area contributed by atoms with Gasteiger partial charge < -0.3 is 0 Å². The second kappa shape index (κ2) is 7.02. The zero-order chi connectivity index (χ0) is 17.2. The minimum Gasteiger partial charge on any atom is -0.296 e. The van der Waals surface area contributed by atoms with Crippen molar-refractivity contribution in [3.05, 3.63) is 70.5 Å². The zero-order valence-corrected chi connectivity index (χ0v) is 14.8. The van der Waals surface area contributed by atoms with Crippen LogP contribution >= 0.6 is 0 Å². The molecular weight excluding hydrogens is 309 g/mol. The van der Waals surface area contributed by atoms with Gasteiger partial charge in [-0.05, 0) is 86.1 Å². The quantitative estimate of drug-likeness (QED) is 0.668. The van der Waals surface area contributed by atoms with Crippen LogP contribution in [0.5, 0.6) is 0 Å². The smallest absolute Gasteiger partial charge is 0.124 e. The molecule has 0 spiro atoms. The van der Waals surface area contributed by atoms with Crippen molar-refractivity contribution in [2.45, 2.75) is 38.6 Å². The number of benzene rings is 2. The molecule has 0 amide bonds. The van der Waals surface area contributed by atoms with Crippen molar-refractivity contribution < 1.29 is 4.39 Å². The van der Waals surface area contributed by atoms with E-state index in [1.165, 1.54) is 55.6 Å². The Morgan fingerprint density at radius 2 is 1.72 bits per heavy atom. The van der Waals surface area contributed by atoms with Gasteiger partial charge in [0.15, 0.2) is 0 Å². The summed E-state index contributed by atoms with van der Waals surface area (Å²) in [6.45, 7) is 4.82. The van der Waals surface area contributed by atoms with Crippen LogP contribution in [0.15, 0.2) is 42.5 Å². The Morgan fingerprint density at radius 1 is 0.960 bits per heavy atom. The molecule has 1 heterocycles. The maximum Gasteiger partial charge on any atom is 0.124 e. The van der Waals surface area contributed by atoms with Gasteiger partial charge in [-0.3, -0.25) is 4.90 Å². The normalized spacial score (nSPS) is 20.8. The predicted octanol–water partition coefficient (Wildman–Crippen LogP) is 4.94. The summed E-state index contributed by atoms with van der Waals surface area (Å²) in [6, 6.07) is 13.7. The fraction of sp³-hybridized carbons (Fsp3) is 0.391. The summed E-state index contributed by atoms with van der Waals surface area (Å²) < 4.78 is 13.2. The highest BCUT2D eigenvalue weighted by molar-refractivity contribution is 5.47. The fourth-order valence-electron chi connectivity index (χ4n) is 4.10. The van der Waals surface area contributed by atoms with Crippen molar-refractivity contribution in [1.82, 2.24) is 4.90 Å². The Balaban J connectivity index is 1.52. The Labute approximate surface area is 149 Å². The summed E-state index contributed by atoms with van der Waals surface area (Å²) in [7, 11) is 0. The molecule has 0 aromatic heterocycles.